The third-order valence-electron chi connectivity index (χ3n) is 2.50. The summed E-state index contributed by atoms with van der Waals surface area (Å²) in [5, 5.41) is 1.59. The lowest BCUT2D eigenvalue weighted by Gasteiger charge is -2.00. The molecule has 0 aliphatic carbocycles. The maximum Gasteiger partial charge on any atom is -0.0253 e. The van der Waals surface area contributed by atoms with E-state index < -0.39 is 0 Å². The van der Waals surface area contributed by atoms with Crippen molar-refractivity contribution in [3.8, 4) is 0 Å². The summed E-state index contributed by atoms with van der Waals surface area (Å²) in [6, 6.07) is 11.0. The Morgan fingerprint density at radius 1 is 1.23 bits per heavy atom. The van der Waals surface area contributed by atoms with E-state index >= 15 is 0 Å². The number of hydrogen-bond donors (Lipinski definition) is 0. The van der Waals surface area contributed by atoms with Crippen LogP contribution in [-0.2, 0) is 0 Å². The van der Waals surface area contributed by atoms with Gasteiger partial charge in [-0.3, -0.25) is 0 Å². The van der Waals surface area contributed by atoms with E-state index in [0.717, 1.165) is 5.92 Å². The molecule has 0 bridgehead atoms. The van der Waals surface area contributed by atoms with Gasteiger partial charge in [0.2, 0.25) is 0 Å². The maximum atomic E-state index is 2.58. The Morgan fingerprint density at radius 2 is 1.92 bits per heavy atom. The van der Waals surface area contributed by atoms with Crippen molar-refractivity contribution in [3.63, 3.8) is 0 Å². The fourth-order valence-corrected chi connectivity index (χ4v) is 4.67. The van der Waals surface area contributed by atoms with Gasteiger partial charge in [-0.25, -0.2) is 0 Å². The summed E-state index contributed by atoms with van der Waals surface area (Å²) in [7, 11) is -0.263. The van der Waals surface area contributed by atoms with Gasteiger partial charge in [-0.2, -0.15) is 13.5 Å². The second-order valence-electron chi connectivity index (χ2n) is 3.57. The maximum absolute atomic E-state index is 2.58. The average molecular weight is 212 g/mol. The van der Waals surface area contributed by atoms with Gasteiger partial charge in [-0.1, -0.05) is 50.6 Å². The van der Waals surface area contributed by atoms with Gasteiger partial charge in [0.05, 0.1) is 0 Å². The van der Waals surface area contributed by atoms with Crippen LogP contribution in [0.25, 0.3) is 0 Å². The molecular formula is C11H17PS. The summed E-state index contributed by atoms with van der Waals surface area (Å²) < 4.78 is 0. The van der Waals surface area contributed by atoms with Crippen molar-refractivity contribution in [2.45, 2.75) is 13.3 Å². The third kappa shape index (κ3) is 2.65. The standard InChI is InChI=1S/C11H15P.H2S/c1-10-7-8-12(9-10)11-5-3-2-4-6-11;/h2-6,9-10,12H,7-8H2,1H3;1H2. The van der Waals surface area contributed by atoms with Crippen LogP contribution in [0.5, 0.6) is 0 Å². The molecule has 0 spiro atoms. The molecule has 0 fully saturated rings. The van der Waals surface area contributed by atoms with Crippen molar-refractivity contribution in [2.75, 3.05) is 6.16 Å². The lowest BCUT2D eigenvalue weighted by atomic mass is 10.2. The Balaban J connectivity index is 0.000000845. The Morgan fingerprint density at radius 3 is 2.46 bits per heavy atom. The molecule has 2 unspecified atom stereocenters. The van der Waals surface area contributed by atoms with Crippen molar-refractivity contribution >= 4 is 32.1 Å². The molecule has 2 atom stereocenters. The number of hydrogen-bond acceptors (Lipinski definition) is 0. The first-order valence-electron chi connectivity index (χ1n) is 4.62. The Hall–Kier alpha value is -0.130. The number of rotatable bonds is 1. The zero-order valence-electron chi connectivity index (χ0n) is 7.96. The summed E-state index contributed by atoms with van der Waals surface area (Å²) >= 11 is 0. The SMILES string of the molecule is CC1C=[PH](c2ccccc2)CC1.S. The monoisotopic (exact) mass is 212 g/mol. The highest BCUT2D eigenvalue weighted by atomic mass is 32.1. The van der Waals surface area contributed by atoms with Gasteiger partial charge in [-0.15, -0.1) is 0 Å². The van der Waals surface area contributed by atoms with Crippen LogP contribution in [0.3, 0.4) is 0 Å². The molecule has 72 valence electrons. The number of benzene rings is 1. The average Bonchev–Trinajstić information content (AvgIpc) is 2.54. The summed E-state index contributed by atoms with van der Waals surface area (Å²) in [5.41, 5.74) is 0. The van der Waals surface area contributed by atoms with Crippen molar-refractivity contribution in [1.82, 2.24) is 0 Å². The smallest absolute Gasteiger partial charge is 0.0253 e. The highest BCUT2D eigenvalue weighted by Crippen LogP contribution is 2.31. The van der Waals surface area contributed by atoms with Crippen LogP contribution < -0.4 is 5.30 Å². The van der Waals surface area contributed by atoms with Crippen LogP contribution in [0.1, 0.15) is 13.3 Å². The first kappa shape index (κ1) is 10.9. The van der Waals surface area contributed by atoms with E-state index in [1.165, 1.54) is 12.6 Å². The fourth-order valence-electron chi connectivity index (χ4n) is 1.79. The molecule has 0 N–H and O–H groups in total. The summed E-state index contributed by atoms with van der Waals surface area (Å²) in [5.74, 6) is 3.44. The molecular weight excluding hydrogens is 195 g/mol. The molecule has 0 radical (unpaired) electrons. The van der Waals surface area contributed by atoms with Crippen LogP contribution in [0.15, 0.2) is 30.3 Å². The largest absolute Gasteiger partial charge is 0.197 e. The molecule has 0 nitrogen and oxygen atoms in total. The molecule has 1 heterocycles. The van der Waals surface area contributed by atoms with Gasteiger partial charge in [0, 0.05) is 0 Å². The molecule has 13 heavy (non-hydrogen) atoms. The minimum Gasteiger partial charge on any atom is -0.197 e. The molecule has 2 rings (SSSR count). The minimum atomic E-state index is -0.263. The van der Waals surface area contributed by atoms with Gasteiger partial charge in [0.15, 0.2) is 0 Å². The minimum absolute atomic E-state index is 0. The van der Waals surface area contributed by atoms with Crippen LogP contribution in [0, 0.1) is 5.92 Å². The molecule has 1 aromatic carbocycles. The zero-order valence-corrected chi connectivity index (χ0v) is 9.96. The van der Waals surface area contributed by atoms with Crippen LogP contribution in [0.2, 0.25) is 0 Å². The molecule has 1 aromatic rings. The van der Waals surface area contributed by atoms with Gasteiger partial charge in [-0.05, 0) is 23.8 Å². The van der Waals surface area contributed by atoms with Crippen molar-refractivity contribution in [3.05, 3.63) is 30.3 Å². The van der Waals surface area contributed by atoms with E-state index in [-0.39, 0.29) is 21.0 Å². The molecule has 2 heteroatoms. The Bertz CT molecular complexity index is 292. The van der Waals surface area contributed by atoms with Crippen LogP contribution in [-0.4, -0.2) is 12.0 Å². The quantitative estimate of drug-likeness (QED) is 0.627. The second-order valence-corrected chi connectivity index (χ2v) is 6.04. The van der Waals surface area contributed by atoms with Gasteiger partial charge in [0.25, 0.3) is 0 Å². The van der Waals surface area contributed by atoms with Gasteiger partial charge < -0.3 is 0 Å². The summed E-state index contributed by atoms with van der Waals surface area (Å²) in [6.07, 6.45) is 2.85. The van der Waals surface area contributed by atoms with Gasteiger partial charge >= 0.3 is 0 Å². The van der Waals surface area contributed by atoms with Crippen molar-refractivity contribution < 1.29 is 0 Å². The van der Waals surface area contributed by atoms with Crippen molar-refractivity contribution in [1.29, 1.82) is 0 Å². The highest BCUT2D eigenvalue weighted by Gasteiger charge is 2.10. The highest BCUT2D eigenvalue weighted by molar-refractivity contribution is 7.65. The predicted molar refractivity (Wildman–Crippen MR) is 69.5 cm³/mol. The van der Waals surface area contributed by atoms with Gasteiger partial charge in [0.1, 0.15) is 0 Å². The van der Waals surface area contributed by atoms with E-state index in [0.29, 0.717) is 0 Å². The molecule has 1 aliphatic rings. The fraction of sp³-hybridized carbons (Fsp3) is 0.364. The van der Waals surface area contributed by atoms with E-state index in [2.05, 4.69) is 43.1 Å². The lowest BCUT2D eigenvalue weighted by molar-refractivity contribution is 0.781. The van der Waals surface area contributed by atoms with Crippen LogP contribution in [0.4, 0.5) is 0 Å². The molecule has 0 aromatic heterocycles. The summed E-state index contributed by atoms with van der Waals surface area (Å²) in [6.45, 7) is 2.33. The molecule has 0 saturated heterocycles. The topological polar surface area (TPSA) is 0 Å². The first-order chi connectivity index (χ1) is 5.86. The molecule has 0 saturated carbocycles. The Kier molecular flexibility index (Phi) is 4.15. The zero-order chi connectivity index (χ0) is 8.39. The normalized spacial score (nSPS) is 26.2. The van der Waals surface area contributed by atoms with Crippen LogP contribution >= 0.6 is 21.0 Å². The van der Waals surface area contributed by atoms with Crippen molar-refractivity contribution in [2.24, 2.45) is 5.92 Å². The van der Waals surface area contributed by atoms with E-state index in [1.807, 2.05) is 0 Å². The van der Waals surface area contributed by atoms with E-state index in [1.54, 1.807) is 5.30 Å². The second kappa shape index (κ2) is 4.93. The lowest BCUT2D eigenvalue weighted by Crippen LogP contribution is -1.94. The van der Waals surface area contributed by atoms with E-state index in [4.69, 9.17) is 0 Å². The molecule has 0 amide bonds. The predicted octanol–water partition coefficient (Wildman–Crippen LogP) is 2.48. The first-order valence-corrected chi connectivity index (χ1v) is 6.41. The summed E-state index contributed by atoms with van der Waals surface area (Å²) in [4.78, 5) is 0. The molecule has 1 aliphatic heterocycles. The van der Waals surface area contributed by atoms with E-state index in [9.17, 15) is 0 Å². The Labute approximate surface area is 88.2 Å². The third-order valence-corrected chi connectivity index (χ3v) is 5.37.